The summed E-state index contributed by atoms with van der Waals surface area (Å²) in [5, 5.41) is 0. The van der Waals surface area contributed by atoms with Gasteiger partial charge in [-0.2, -0.15) is 0 Å². The van der Waals surface area contributed by atoms with Crippen molar-refractivity contribution in [2.45, 2.75) is 38.1 Å². The molecule has 0 radical (unpaired) electrons. The Bertz CT molecular complexity index is 570. The largest absolute Gasteiger partial charge is 0.334 e. The maximum Gasteiger partial charge on any atom is 0.0948 e. The number of rotatable bonds is 4. The minimum Gasteiger partial charge on any atom is -0.334 e. The summed E-state index contributed by atoms with van der Waals surface area (Å²) in [6, 6.07) is 0.671. The van der Waals surface area contributed by atoms with Gasteiger partial charge in [-0.05, 0) is 67.6 Å². The molecule has 5 rings (SSSR count). The highest BCUT2D eigenvalue weighted by molar-refractivity contribution is 5.14. The second kappa shape index (κ2) is 4.59. The van der Waals surface area contributed by atoms with Gasteiger partial charge in [0.2, 0.25) is 0 Å². The Hall–Kier alpha value is -1.31. The van der Waals surface area contributed by atoms with Gasteiger partial charge in [0.05, 0.1) is 6.33 Å². The van der Waals surface area contributed by atoms with Crippen LogP contribution in [0.1, 0.15) is 38.1 Å². The molecular formula is C19H24N2. The molecule has 0 spiro atoms. The zero-order chi connectivity index (χ0) is 13.8. The zero-order valence-corrected chi connectivity index (χ0v) is 12.5. The number of aromatic nitrogens is 2. The summed E-state index contributed by atoms with van der Waals surface area (Å²) in [5.41, 5.74) is 0. The van der Waals surface area contributed by atoms with Crippen LogP contribution < -0.4 is 0 Å². The standard InChI is InChI=1S/C19H24N2/c1-3-15-7-13(1)9-17(15)11-19(21-6-5-20-12-21)18-10-14-2-4-16(18)8-14/h1-6,12-19H,7-11H2. The molecule has 7 atom stereocenters. The Morgan fingerprint density at radius 2 is 1.76 bits per heavy atom. The smallest absolute Gasteiger partial charge is 0.0948 e. The van der Waals surface area contributed by atoms with Crippen molar-refractivity contribution in [2.75, 3.05) is 0 Å². The molecule has 2 heteroatoms. The fourth-order valence-corrected chi connectivity index (χ4v) is 5.72. The summed E-state index contributed by atoms with van der Waals surface area (Å²) >= 11 is 0. The topological polar surface area (TPSA) is 17.8 Å². The fraction of sp³-hybridized carbons (Fsp3) is 0.632. The van der Waals surface area contributed by atoms with E-state index in [1.54, 1.807) is 0 Å². The molecule has 2 fully saturated rings. The van der Waals surface area contributed by atoms with E-state index in [4.69, 9.17) is 0 Å². The molecule has 1 heterocycles. The molecular weight excluding hydrogens is 256 g/mol. The third-order valence-electron chi connectivity index (χ3n) is 6.69. The van der Waals surface area contributed by atoms with Crippen molar-refractivity contribution in [1.82, 2.24) is 9.55 Å². The van der Waals surface area contributed by atoms with E-state index in [9.17, 15) is 0 Å². The summed E-state index contributed by atoms with van der Waals surface area (Å²) < 4.78 is 2.43. The average molecular weight is 280 g/mol. The monoisotopic (exact) mass is 280 g/mol. The molecule has 4 aliphatic carbocycles. The predicted molar refractivity (Wildman–Crippen MR) is 83.6 cm³/mol. The first kappa shape index (κ1) is 12.3. The lowest BCUT2D eigenvalue weighted by molar-refractivity contribution is 0.222. The number of nitrogens with zero attached hydrogens (tertiary/aromatic N) is 2. The van der Waals surface area contributed by atoms with Gasteiger partial charge in [0.15, 0.2) is 0 Å². The summed E-state index contributed by atoms with van der Waals surface area (Å²) in [6.45, 7) is 0. The lowest BCUT2D eigenvalue weighted by Crippen LogP contribution is -2.25. The first-order valence-corrected chi connectivity index (χ1v) is 8.71. The van der Waals surface area contributed by atoms with Crippen molar-refractivity contribution in [1.29, 1.82) is 0 Å². The second-order valence-electron chi connectivity index (χ2n) is 7.80. The van der Waals surface area contributed by atoms with E-state index >= 15 is 0 Å². The predicted octanol–water partition coefficient (Wildman–Crippen LogP) is 4.24. The Morgan fingerprint density at radius 3 is 2.33 bits per heavy atom. The number of allylic oxidation sites excluding steroid dienone is 4. The van der Waals surface area contributed by atoms with Crippen LogP contribution in [0.15, 0.2) is 43.0 Å². The second-order valence-corrected chi connectivity index (χ2v) is 7.80. The van der Waals surface area contributed by atoms with Crippen LogP contribution in [0.2, 0.25) is 0 Å². The van der Waals surface area contributed by atoms with Crippen LogP contribution in [-0.4, -0.2) is 9.55 Å². The molecule has 0 amide bonds. The van der Waals surface area contributed by atoms with Crippen LogP contribution in [0.25, 0.3) is 0 Å². The maximum atomic E-state index is 4.33. The third kappa shape index (κ3) is 1.95. The summed E-state index contributed by atoms with van der Waals surface area (Å²) in [5.74, 6) is 5.22. The Morgan fingerprint density at radius 1 is 0.952 bits per heavy atom. The van der Waals surface area contributed by atoms with Gasteiger partial charge in [0.25, 0.3) is 0 Å². The van der Waals surface area contributed by atoms with Crippen LogP contribution in [0.3, 0.4) is 0 Å². The quantitative estimate of drug-likeness (QED) is 0.754. The van der Waals surface area contributed by atoms with Gasteiger partial charge >= 0.3 is 0 Å². The molecule has 0 N–H and O–H groups in total. The van der Waals surface area contributed by atoms with Crippen LogP contribution in [0, 0.1) is 35.5 Å². The van der Waals surface area contributed by atoms with Crippen molar-refractivity contribution >= 4 is 0 Å². The third-order valence-corrected chi connectivity index (χ3v) is 6.69. The first-order valence-electron chi connectivity index (χ1n) is 8.71. The number of hydrogen-bond acceptors (Lipinski definition) is 1. The maximum absolute atomic E-state index is 4.33. The average Bonchev–Trinajstić information content (AvgIpc) is 3.31. The van der Waals surface area contributed by atoms with Crippen molar-refractivity contribution in [3.8, 4) is 0 Å². The Balaban J connectivity index is 1.40. The summed E-state index contributed by atoms with van der Waals surface area (Å²) in [4.78, 5) is 4.33. The van der Waals surface area contributed by atoms with E-state index in [1.165, 1.54) is 32.1 Å². The summed E-state index contributed by atoms with van der Waals surface area (Å²) in [6.07, 6.45) is 23.2. The van der Waals surface area contributed by atoms with Gasteiger partial charge in [-0.25, -0.2) is 4.98 Å². The molecule has 0 aliphatic heterocycles. The molecule has 1 aromatic rings. The van der Waals surface area contributed by atoms with Gasteiger partial charge in [-0.1, -0.05) is 24.3 Å². The Labute approximate surface area is 127 Å². The van der Waals surface area contributed by atoms with Crippen LogP contribution >= 0.6 is 0 Å². The molecule has 2 nitrogen and oxygen atoms in total. The minimum absolute atomic E-state index is 0.671. The lowest BCUT2D eigenvalue weighted by atomic mass is 9.79. The molecule has 110 valence electrons. The summed E-state index contributed by atoms with van der Waals surface area (Å²) in [7, 11) is 0. The lowest BCUT2D eigenvalue weighted by Gasteiger charge is -2.33. The van der Waals surface area contributed by atoms with Crippen molar-refractivity contribution in [3.63, 3.8) is 0 Å². The SMILES string of the molecule is C1=CC2CC1CC2CC(C1CC2C=CC1C2)n1ccnc1. The van der Waals surface area contributed by atoms with Crippen LogP contribution in [-0.2, 0) is 0 Å². The van der Waals surface area contributed by atoms with E-state index in [1.807, 2.05) is 6.20 Å². The van der Waals surface area contributed by atoms with E-state index in [0.29, 0.717) is 6.04 Å². The highest BCUT2D eigenvalue weighted by Gasteiger charge is 2.43. The van der Waals surface area contributed by atoms with E-state index < -0.39 is 0 Å². The number of hydrogen-bond donors (Lipinski definition) is 0. The van der Waals surface area contributed by atoms with Crippen molar-refractivity contribution < 1.29 is 0 Å². The zero-order valence-electron chi connectivity index (χ0n) is 12.5. The van der Waals surface area contributed by atoms with Crippen LogP contribution in [0.5, 0.6) is 0 Å². The van der Waals surface area contributed by atoms with Crippen LogP contribution in [0.4, 0.5) is 0 Å². The van der Waals surface area contributed by atoms with Gasteiger partial charge in [-0.15, -0.1) is 0 Å². The normalized spacial score (nSPS) is 44.0. The molecule has 4 aliphatic rings. The highest BCUT2D eigenvalue weighted by atomic mass is 15.1. The van der Waals surface area contributed by atoms with Gasteiger partial charge in [-0.3, -0.25) is 0 Å². The van der Waals surface area contributed by atoms with E-state index in [-0.39, 0.29) is 0 Å². The van der Waals surface area contributed by atoms with Gasteiger partial charge in [0, 0.05) is 18.4 Å². The molecule has 0 aromatic carbocycles. The molecule has 0 saturated heterocycles. The first-order chi connectivity index (χ1) is 10.4. The molecule has 4 bridgehead atoms. The molecule has 1 aromatic heterocycles. The number of imidazole rings is 1. The molecule has 2 saturated carbocycles. The van der Waals surface area contributed by atoms with Crippen molar-refractivity contribution in [3.05, 3.63) is 43.0 Å². The molecule has 21 heavy (non-hydrogen) atoms. The number of fused-ring (bicyclic) bond motifs is 4. The fourth-order valence-electron chi connectivity index (χ4n) is 5.72. The van der Waals surface area contributed by atoms with Crippen molar-refractivity contribution in [2.24, 2.45) is 35.5 Å². The Kier molecular flexibility index (Phi) is 2.68. The van der Waals surface area contributed by atoms with E-state index in [0.717, 1.165) is 35.5 Å². The van der Waals surface area contributed by atoms with E-state index in [2.05, 4.69) is 46.4 Å². The highest BCUT2D eigenvalue weighted by Crippen LogP contribution is 2.53. The molecule has 7 unspecified atom stereocenters. The van der Waals surface area contributed by atoms with Gasteiger partial charge in [0.1, 0.15) is 0 Å². The minimum atomic E-state index is 0.671. The van der Waals surface area contributed by atoms with Gasteiger partial charge < -0.3 is 4.57 Å².